The number of hydrogen-bond donors (Lipinski definition) is 3. The molecule has 4 rings (SSSR count). The van der Waals surface area contributed by atoms with Gasteiger partial charge in [-0.05, 0) is 38.1 Å². The van der Waals surface area contributed by atoms with E-state index in [-0.39, 0.29) is 11.5 Å². The SMILES string of the molecule is Cc1ccc(-n2nnc(C3=NN=C(N/N=C/c4ccc(O)cc4O)SC3)c2C)cc1. The molecular formula is C20H19N7O2S. The van der Waals surface area contributed by atoms with Crippen molar-refractivity contribution in [3.8, 4) is 17.2 Å². The van der Waals surface area contributed by atoms with E-state index in [0.29, 0.717) is 22.2 Å². The second-order valence-corrected chi connectivity index (χ2v) is 7.59. The fourth-order valence-electron chi connectivity index (χ4n) is 2.80. The van der Waals surface area contributed by atoms with E-state index in [2.05, 4.69) is 31.0 Å². The molecule has 0 radical (unpaired) electrons. The zero-order valence-electron chi connectivity index (χ0n) is 16.3. The molecule has 0 spiro atoms. The third-order valence-electron chi connectivity index (χ3n) is 4.43. The quantitative estimate of drug-likeness (QED) is 0.440. The highest BCUT2D eigenvalue weighted by Crippen LogP contribution is 2.21. The Morgan fingerprint density at radius 2 is 1.90 bits per heavy atom. The molecule has 1 aliphatic heterocycles. The number of thioether (sulfide) groups is 1. The number of phenolic OH excluding ortho intramolecular Hbond substituents is 2. The number of amidine groups is 1. The van der Waals surface area contributed by atoms with Crippen LogP contribution in [0, 0.1) is 13.8 Å². The lowest BCUT2D eigenvalue weighted by atomic mass is 10.2. The van der Waals surface area contributed by atoms with E-state index in [1.54, 1.807) is 10.7 Å². The lowest BCUT2D eigenvalue weighted by Gasteiger charge is -2.10. The van der Waals surface area contributed by atoms with E-state index >= 15 is 0 Å². The number of aromatic nitrogens is 3. The van der Waals surface area contributed by atoms with Crippen molar-refractivity contribution in [2.24, 2.45) is 15.3 Å². The van der Waals surface area contributed by atoms with Gasteiger partial charge in [0, 0.05) is 17.4 Å². The molecule has 3 N–H and O–H groups in total. The molecule has 0 aliphatic carbocycles. The van der Waals surface area contributed by atoms with Crippen LogP contribution >= 0.6 is 11.8 Å². The van der Waals surface area contributed by atoms with Crippen LogP contribution in [0.25, 0.3) is 5.69 Å². The standard InChI is InChI=1S/C20H19N7O2S/c1-12-3-6-15(7-4-12)27-13(2)19(23-26-27)17-11-30-20(25-22-17)24-21-10-14-5-8-16(28)9-18(14)29/h3-10,28-29H,11H2,1-2H3,(H,24,25)/b21-10+. The number of rotatable bonds is 4. The summed E-state index contributed by atoms with van der Waals surface area (Å²) in [6.45, 7) is 3.99. The van der Waals surface area contributed by atoms with Gasteiger partial charge in [0.25, 0.3) is 0 Å². The van der Waals surface area contributed by atoms with Crippen LogP contribution in [0.4, 0.5) is 0 Å². The molecule has 0 bridgehead atoms. The largest absolute Gasteiger partial charge is 0.508 e. The Hall–Kier alpha value is -3.66. The first-order valence-corrected chi connectivity index (χ1v) is 10.1. The number of phenols is 2. The molecule has 1 aliphatic rings. The molecule has 0 saturated heterocycles. The lowest BCUT2D eigenvalue weighted by Crippen LogP contribution is -2.21. The molecular weight excluding hydrogens is 402 g/mol. The van der Waals surface area contributed by atoms with Gasteiger partial charge in [-0.25, -0.2) is 4.68 Å². The van der Waals surface area contributed by atoms with Gasteiger partial charge in [-0.2, -0.15) is 5.10 Å². The summed E-state index contributed by atoms with van der Waals surface area (Å²) < 4.78 is 1.79. The minimum atomic E-state index is -0.0637. The van der Waals surface area contributed by atoms with Crippen molar-refractivity contribution in [2.45, 2.75) is 13.8 Å². The summed E-state index contributed by atoms with van der Waals surface area (Å²) in [5.74, 6) is 0.492. The molecule has 152 valence electrons. The predicted octanol–water partition coefficient (Wildman–Crippen LogP) is 2.73. The van der Waals surface area contributed by atoms with Gasteiger partial charge < -0.3 is 10.2 Å². The molecule has 0 amide bonds. The number of benzene rings is 2. The first-order chi connectivity index (χ1) is 14.5. The summed E-state index contributed by atoms with van der Waals surface area (Å²) in [4.78, 5) is 0. The Labute approximate surface area is 176 Å². The maximum absolute atomic E-state index is 9.76. The normalized spacial score (nSPS) is 13.9. The van der Waals surface area contributed by atoms with Crippen LogP contribution in [-0.4, -0.2) is 48.1 Å². The third-order valence-corrected chi connectivity index (χ3v) is 5.30. The summed E-state index contributed by atoms with van der Waals surface area (Å²) in [5.41, 5.74) is 7.73. The number of nitrogens with zero attached hydrogens (tertiary/aromatic N) is 6. The maximum atomic E-state index is 9.76. The van der Waals surface area contributed by atoms with Crippen LogP contribution in [0.1, 0.15) is 22.5 Å². The van der Waals surface area contributed by atoms with E-state index in [1.807, 2.05) is 38.1 Å². The smallest absolute Gasteiger partial charge is 0.203 e. The minimum Gasteiger partial charge on any atom is -0.508 e. The van der Waals surface area contributed by atoms with Crippen molar-refractivity contribution < 1.29 is 10.2 Å². The molecule has 0 atom stereocenters. The second-order valence-electron chi connectivity index (χ2n) is 6.62. The first kappa shape index (κ1) is 19.6. The Balaban J connectivity index is 1.46. The highest BCUT2D eigenvalue weighted by molar-refractivity contribution is 8.14. The zero-order valence-corrected chi connectivity index (χ0v) is 17.1. The summed E-state index contributed by atoms with van der Waals surface area (Å²) in [6.07, 6.45) is 1.44. The molecule has 0 saturated carbocycles. The van der Waals surface area contributed by atoms with Gasteiger partial charge in [-0.1, -0.05) is 34.7 Å². The molecule has 9 nitrogen and oxygen atoms in total. The van der Waals surface area contributed by atoms with Crippen LogP contribution in [0.5, 0.6) is 11.5 Å². The van der Waals surface area contributed by atoms with E-state index in [4.69, 9.17) is 0 Å². The van der Waals surface area contributed by atoms with Gasteiger partial charge in [-0.15, -0.1) is 15.3 Å². The maximum Gasteiger partial charge on any atom is 0.203 e. The number of hydrazone groups is 1. The highest BCUT2D eigenvalue weighted by atomic mass is 32.2. The fourth-order valence-corrected chi connectivity index (χ4v) is 3.48. The number of hydrogen-bond acceptors (Lipinski definition) is 9. The van der Waals surface area contributed by atoms with Crippen molar-refractivity contribution in [3.63, 3.8) is 0 Å². The monoisotopic (exact) mass is 421 g/mol. The molecule has 0 unspecified atom stereocenters. The Morgan fingerprint density at radius 3 is 2.60 bits per heavy atom. The highest BCUT2D eigenvalue weighted by Gasteiger charge is 2.19. The Bertz CT molecular complexity index is 1170. The van der Waals surface area contributed by atoms with Crippen LogP contribution < -0.4 is 5.43 Å². The molecule has 0 fully saturated rings. The first-order valence-electron chi connectivity index (χ1n) is 9.09. The molecule has 10 heteroatoms. The molecule has 2 heterocycles. The number of aryl methyl sites for hydroxylation is 1. The molecule has 30 heavy (non-hydrogen) atoms. The van der Waals surface area contributed by atoms with Crippen molar-refractivity contribution in [1.82, 2.24) is 20.4 Å². The second kappa shape index (κ2) is 8.37. The number of aromatic hydroxyl groups is 2. The molecule has 2 aromatic carbocycles. The van der Waals surface area contributed by atoms with Crippen molar-refractivity contribution in [3.05, 3.63) is 65.0 Å². The molecule has 1 aromatic heterocycles. The van der Waals surface area contributed by atoms with Gasteiger partial charge in [0.2, 0.25) is 5.17 Å². The van der Waals surface area contributed by atoms with Gasteiger partial charge >= 0.3 is 0 Å². The summed E-state index contributed by atoms with van der Waals surface area (Å²) in [6, 6.07) is 12.3. The predicted molar refractivity (Wildman–Crippen MR) is 118 cm³/mol. The van der Waals surface area contributed by atoms with Crippen molar-refractivity contribution in [2.75, 3.05) is 5.75 Å². The Morgan fingerprint density at radius 1 is 1.10 bits per heavy atom. The van der Waals surface area contributed by atoms with Gasteiger partial charge in [0.05, 0.1) is 17.6 Å². The van der Waals surface area contributed by atoms with Crippen LogP contribution in [0.15, 0.2) is 57.8 Å². The van der Waals surface area contributed by atoms with Crippen LogP contribution in [0.3, 0.4) is 0 Å². The third kappa shape index (κ3) is 4.18. The number of nitrogens with one attached hydrogen (secondary N) is 1. The average molecular weight is 421 g/mol. The van der Waals surface area contributed by atoms with Crippen molar-refractivity contribution >= 4 is 28.9 Å². The average Bonchev–Trinajstić information content (AvgIpc) is 3.12. The lowest BCUT2D eigenvalue weighted by molar-refractivity contribution is 0.450. The van der Waals surface area contributed by atoms with E-state index < -0.39 is 0 Å². The molecule has 3 aromatic rings. The minimum absolute atomic E-state index is 0.0127. The summed E-state index contributed by atoms with van der Waals surface area (Å²) >= 11 is 1.44. The van der Waals surface area contributed by atoms with Crippen LogP contribution in [0.2, 0.25) is 0 Å². The summed E-state index contributed by atoms with van der Waals surface area (Å²) in [7, 11) is 0. The zero-order chi connectivity index (χ0) is 21.1. The van der Waals surface area contributed by atoms with E-state index in [9.17, 15) is 10.2 Å². The topological polar surface area (TPSA) is 120 Å². The van der Waals surface area contributed by atoms with Gasteiger partial charge in [0.15, 0.2) is 0 Å². The van der Waals surface area contributed by atoms with Crippen molar-refractivity contribution in [1.29, 1.82) is 0 Å². The van der Waals surface area contributed by atoms with E-state index in [1.165, 1.54) is 35.7 Å². The Kier molecular flexibility index (Phi) is 5.48. The van der Waals surface area contributed by atoms with Gasteiger partial charge in [0.1, 0.15) is 22.9 Å². The van der Waals surface area contributed by atoms with Gasteiger partial charge in [-0.3, -0.25) is 5.43 Å². The van der Waals surface area contributed by atoms with E-state index in [0.717, 1.165) is 17.1 Å². The van der Waals surface area contributed by atoms with Crippen LogP contribution in [-0.2, 0) is 0 Å². The fraction of sp³-hybridized carbons (Fsp3) is 0.150. The summed E-state index contributed by atoms with van der Waals surface area (Å²) in [5, 5.41) is 40.6.